The van der Waals surface area contributed by atoms with E-state index in [-0.39, 0.29) is 24.4 Å². The highest BCUT2D eigenvalue weighted by Crippen LogP contribution is 2.23. The van der Waals surface area contributed by atoms with Crippen molar-refractivity contribution >= 4 is 22.9 Å². The molecule has 0 saturated heterocycles. The van der Waals surface area contributed by atoms with E-state index >= 15 is 0 Å². The van der Waals surface area contributed by atoms with Crippen LogP contribution in [-0.2, 0) is 4.79 Å². The summed E-state index contributed by atoms with van der Waals surface area (Å²) in [5, 5.41) is 14.2. The van der Waals surface area contributed by atoms with Crippen molar-refractivity contribution in [3.63, 3.8) is 0 Å². The van der Waals surface area contributed by atoms with Crippen LogP contribution in [0.3, 0.4) is 0 Å². The van der Waals surface area contributed by atoms with Crippen LogP contribution < -0.4 is 0 Å². The van der Waals surface area contributed by atoms with Crippen molar-refractivity contribution in [2.24, 2.45) is 5.92 Å². The quantitative estimate of drug-likeness (QED) is 0.833. The highest BCUT2D eigenvalue weighted by molar-refractivity contribution is 6.06. The predicted octanol–water partition coefficient (Wildman–Crippen LogP) is 2.89. The average molecular weight is 346 g/mol. The second-order valence-corrected chi connectivity index (χ2v) is 6.87. The van der Waals surface area contributed by atoms with Gasteiger partial charge in [-0.2, -0.15) is 5.10 Å². The Morgan fingerprint density at radius 1 is 1.32 bits per heavy atom. The highest BCUT2D eigenvalue weighted by atomic mass is 16.4. The van der Waals surface area contributed by atoms with Crippen molar-refractivity contribution in [2.45, 2.75) is 47.1 Å². The lowest BCUT2D eigenvalue weighted by Crippen LogP contribution is -2.38. The first-order valence-corrected chi connectivity index (χ1v) is 8.60. The molecule has 1 atom stereocenters. The first-order valence-electron chi connectivity index (χ1n) is 8.60. The highest BCUT2D eigenvalue weighted by Gasteiger charge is 2.24. The van der Waals surface area contributed by atoms with E-state index in [9.17, 15) is 9.59 Å². The number of fused-ring (bicyclic) bond motifs is 1. The summed E-state index contributed by atoms with van der Waals surface area (Å²) in [6.45, 7) is 9.92. The summed E-state index contributed by atoms with van der Waals surface area (Å²) in [5.41, 5.74) is 1.83. The van der Waals surface area contributed by atoms with Gasteiger partial charge in [-0.05, 0) is 32.3 Å². The lowest BCUT2D eigenvalue weighted by Gasteiger charge is -2.23. The molecule has 0 bridgehead atoms. The number of hydrogen-bond donors (Lipinski definition) is 1. The van der Waals surface area contributed by atoms with Gasteiger partial charge in [-0.15, -0.1) is 0 Å². The number of carboxylic acids is 1. The molecule has 2 aromatic heterocycles. The van der Waals surface area contributed by atoms with E-state index in [2.05, 4.69) is 17.0 Å². The van der Waals surface area contributed by atoms with Crippen LogP contribution in [-0.4, -0.2) is 49.7 Å². The SMILES string of the molecule is CCC(C)n1ncc2c(C(=O)N(CC(=O)O)CC(C)C)cc(C)nc21. The fourth-order valence-corrected chi connectivity index (χ4v) is 2.81. The van der Waals surface area contributed by atoms with Crippen LogP contribution in [0.2, 0.25) is 0 Å². The Balaban J connectivity index is 2.52. The summed E-state index contributed by atoms with van der Waals surface area (Å²) in [5.74, 6) is -1.15. The molecule has 0 aliphatic rings. The van der Waals surface area contributed by atoms with Gasteiger partial charge in [0.1, 0.15) is 6.54 Å². The molecule has 1 N–H and O–H groups in total. The number of rotatable bonds is 7. The molecule has 2 aromatic rings. The number of carbonyl (C=O) groups is 2. The summed E-state index contributed by atoms with van der Waals surface area (Å²) < 4.78 is 1.82. The molecule has 0 aromatic carbocycles. The normalized spacial score (nSPS) is 12.6. The van der Waals surface area contributed by atoms with E-state index < -0.39 is 5.97 Å². The largest absolute Gasteiger partial charge is 0.480 e. The second-order valence-electron chi connectivity index (χ2n) is 6.87. The minimum absolute atomic E-state index is 0.167. The summed E-state index contributed by atoms with van der Waals surface area (Å²) in [6.07, 6.45) is 2.55. The van der Waals surface area contributed by atoms with E-state index in [0.717, 1.165) is 6.42 Å². The first-order chi connectivity index (χ1) is 11.7. The third kappa shape index (κ3) is 4.15. The molecule has 1 amide bonds. The minimum Gasteiger partial charge on any atom is -0.480 e. The molecule has 0 saturated carbocycles. The van der Waals surface area contributed by atoms with Crippen molar-refractivity contribution in [3.05, 3.63) is 23.5 Å². The Kier molecular flexibility index (Phi) is 5.77. The maximum atomic E-state index is 13.0. The summed E-state index contributed by atoms with van der Waals surface area (Å²) in [6, 6.07) is 1.88. The van der Waals surface area contributed by atoms with Crippen molar-refractivity contribution in [1.29, 1.82) is 0 Å². The zero-order chi connectivity index (χ0) is 18.7. The van der Waals surface area contributed by atoms with Crippen LogP contribution in [0, 0.1) is 12.8 Å². The number of aliphatic carboxylic acids is 1. The fourth-order valence-electron chi connectivity index (χ4n) is 2.81. The van der Waals surface area contributed by atoms with Crippen LogP contribution in [0.15, 0.2) is 12.3 Å². The van der Waals surface area contributed by atoms with Gasteiger partial charge in [-0.3, -0.25) is 9.59 Å². The number of carboxylic acid groups (broad SMARTS) is 1. The molecule has 0 fully saturated rings. The van der Waals surface area contributed by atoms with Gasteiger partial charge in [0.2, 0.25) is 0 Å². The fraction of sp³-hybridized carbons (Fsp3) is 0.556. The van der Waals surface area contributed by atoms with E-state index in [1.54, 1.807) is 12.3 Å². The Morgan fingerprint density at radius 3 is 2.56 bits per heavy atom. The molecular formula is C18H26N4O3. The number of pyridine rings is 1. The maximum Gasteiger partial charge on any atom is 0.323 e. The number of aromatic nitrogens is 3. The molecule has 0 aliphatic heterocycles. The van der Waals surface area contributed by atoms with Gasteiger partial charge in [-0.25, -0.2) is 9.67 Å². The smallest absolute Gasteiger partial charge is 0.323 e. The van der Waals surface area contributed by atoms with Crippen molar-refractivity contribution in [1.82, 2.24) is 19.7 Å². The van der Waals surface area contributed by atoms with Gasteiger partial charge in [0.25, 0.3) is 5.91 Å². The molecule has 136 valence electrons. The second kappa shape index (κ2) is 7.63. The van der Waals surface area contributed by atoms with Crippen LogP contribution in [0.25, 0.3) is 11.0 Å². The molecule has 7 nitrogen and oxygen atoms in total. The van der Waals surface area contributed by atoms with Crippen LogP contribution in [0.5, 0.6) is 0 Å². The number of amides is 1. The Labute approximate surface area is 147 Å². The van der Waals surface area contributed by atoms with Gasteiger partial charge < -0.3 is 10.0 Å². The van der Waals surface area contributed by atoms with E-state index in [4.69, 9.17) is 5.11 Å². The number of nitrogens with zero attached hydrogens (tertiary/aromatic N) is 4. The van der Waals surface area contributed by atoms with E-state index in [1.807, 2.05) is 32.4 Å². The van der Waals surface area contributed by atoms with E-state index in [1.165, 1.54) is 4.90 Å². The average Bonchev–Trinajstić information content (AvgIpc) is 2.94. The Hall–Kier alpha value is -2.44. The summed E-state index contributed by atoms with van der Waals surface area (Å²) in [4.78, 5) is 30.1. The molecule has 25 heavy (non-hydrogen) atoms. The van der Waals surface area contributed by atoms with Gasteiger partial charge in [0.05, 0.1) is 23.2 Å². The summed E-state index contributed by atoms with van der Waals surface area (Å²) in [7, 11) is 0. The molecule has 1 unspecified atom stereocenters. The van der Waals surface area contributed by atoms with Crippen LogP contribution in [0.1, 0.15) is 56.2 Å². The van der Waals surface area contributed by atoms with Crippen LogP contribution >= 0.6 is 0 Å². The Bertz CT molecular complexity index is 782. The molecular weight excluding hydrogens is 320 g/mol. The maximum absolute atomic E-state index is 13.0. The topological polar surface area (TPSA) is 88.3 Å². The molecule has 7 heteroatoms. The molecule has 0 spiro atoms. The number of hydrogen-bond acceptors (Lipinski definition) is 4. The molecule has 2 rings (SSSR count). The zero-order valence-electron chi connectivity index (χ0n) is 15.5. The molecule has 0 radical (unpaired) electrons. The zero-order valence-corrected chi connectivity index (χ0v) is 15.5. The standard InChI is InChI=1S/C18H26N4O3/c1-6-13(5)22-17-15(8-19-22)14(7-12(4)20-17)18(25)21(9-11(2)3)10-16(23)24/h7-8,11,13H,6,9-10H2,1-5H3,(H,23,24). The Morgan fingerprint density at radius 2 is 2.00 bits per heavy atom. The van der Waals surface area contributed by atoms with Crippen molar-refractivity contribution in [2.75, 3.05) is 13.1 Å². The molecule has 2 heterocycles. The molecule has 0 aliphatic carbocycles. The van der Waals surface area contributed by atoms with Gasteiger partial charge in [0, 0.05) is 12.2 Å². The van der Waals surface area contributed by atoms with Gasteiger partial charge >= 0.3 is 5.97 Å². The first kappa shape index (κ1) is 18.9. The predicted molar refractivity (Wildman–Crippen MR) is 95.6 cm³/mol. The van der Waals surface area contributed by atoms with Crippen molar-refractivity contribution in [3.8, 4) is 0 Å². The minimum atomic E-state index is -1.02. The lowest BCUT2D eigenvalue weighted by atomic mass is 10.1. The number of carbonyl (C=O) groups excluding carboxylic acids is 1. The number of aryl methyl sites for hydroxylation is 1. The lowest BCUT2D eigenvalue weighted by molar-refractivity contribution is -0.137. The third-order valence-electron chi connectivity index (χ3n) is 4.13. The van der Waals surface area contributed by atoms with Crippen LogP contribution in [0.4, 0.5) is 0 Å². The monoisotopic (exact) mass is 346 g/mol. The third-order valence-corrected chi connectivity index (χ3v) is 4.13. The summed E-state index contributed by atoms with van der Waals surface area (Å²) >= 11 is 0. The van der Waals surface area contributed by atoms with Gasteiger partial charge in [-0.1, -0.05) is 20.8 Å². The van der Waals surface area contributed by atoms with Gasteiger partial charge in [0.15, 0.2) is 5.65 Å². The van der Waals surface area contributed by atoms with E-state index in [0.29, 0.717) is 28.8 Å². The van der Waals surface area contributed by atoms with Crippen molar-refractivity contribution < 1.29 is 14.7 Å².